The van der Waals surface area contributed by atoms with E-state index in [9.17, 15) is 4.79 Å². The summed E-state index contributed by atoms with van der Waals surface area (Å²) in [5.41, 5.74) is 5.24. The number of alkyl halides is 2. The number of carbonyl (C=O) groups is 1. The second-order valence-corrected chi connectivity index (χ2v) is 8.21. The highest BCUT2D eigenvalue weighted by Crippen LogP contribution is 2.33. The van der Waals surface area contributed by atoms with Gasteiger partial charge in [0.05, 0.1) is 0 Å². The van der Waals surface area contributed by atoms with Crippen molar-refractivity contribution in [3.63, 3.8) is 0 Å². The van der Waals surface area contributed by atoms with Gasteiger partial charge in [0.15, 0.2) is 5.78 Å². The number of carbonyl (C=O) groups excluding carboxylic acids is 1. The topological polar surface area (TPSA) is 126 Å². The summed E-state index contributed by atoms with van der Waals surface area (Å²) in [5, 5.41) is 16.2. The highest BCUT2D eigenvalue weighted by atomic mass is 35.5. The molecule has 0 aliphatic rings. The number of aromatic amines is 2. The molecule has 168 valence electrons. The molecule has 0 saturated carbocycles. The molecule has 4 aromatic heterocycles. The van der Waals surface area contributed by atoms with Gasteiger partial charge < -0.3 is 18.8 Å². The first-order chi connectivity index (χ1) is 15.3. The Kier molecular flexibility index (Phi) is 6.21. The number of ketones is 1. The molecule has 4 rings (SSSR count). The molecule has 0 amide bonds. The molecule has 0 fully saturated rings. The lowest BCUT2D eigenvalue weighted by Crippen LogP contribution is -2.06. The summed E-state index contributed by atoms with van der Waals surface area (Å²) in [6, 6.07) is 0. The number of hydrogen-bond acceptors (Lipinski definition) is 7. The molecule has 0 aromatic carbocycles. The van der Waals surface area contributed by atoms with Crippen molar-refractivity contribution in [3.05, 3.63) is 45.4 Å². The van der Waals surface area contributed by atoms with Crippen LogP contribution in [0.5, 0.6) is 0 Å². The normalized spacial score (nSPS) is 11.4. The van der Waals surface area contributed by atoms with Gasteiger partial charge >= 0.3 is 0 Å². The van der Waals surface area contributed by atoms with Crippen LogP contribution in [-0.4, -0.2) is 47.9 Å². The van der Waals surface area contributed by atoms with E-state index in [1.54, 1.807) is 0 Å². The molecule has 32 heavy (non-hydrogen) atoms. The Morgan fingerprint density at radius 1 is 0.750 bits per heavy atom. The van der Waals surface area contributed by atoms with Gasteiger partial charge in [-0.1, -0.05) is 0 Å². The van der Waals surface area contributed by atoms with Crippen LogP contribution in [0.4, 0.5) is 0 Å². The number of halogens is 2. The Hall–Kier alpha value is -2.91. The van der Waals surface area contributed by atoms with E-state index in [1.165, 1.54) is 0 Å². The molecule has 0 aliphatic carbocycles. The predicted molar refractivity (Wildman–Crippen MR) is 119 cm³/mol. The van der Waals surface area contributed by atoms with Gasteiger partial charge in [-0.05, 0) is 38.8 Å². The Balaban J connectivity index is 1.72. The largest absolute Gasteiger partial charge is 0.419 e. The number of aryl methyl sites for hydroxylation is 4. The molecular formula is C21H22Cl2N6O3. The standard InChI is InChI=1S/C21H22Cl2N6O3/c1-9-15(11(3)24-17(9)20-28-26-13(31-20)5-7-22)19(30)16-10(2)18(25-12(16)4)21-29-27-14(32-21)6-8-23/h24-25H,5-8H2,1-4H3. The summed E-state index contributed by atoms with van der Waals surface area (Å²) in [4.78, 5) is 20.1. The van der Waals surface area contributed by atoms with Gasteiger partial charge in [0.25, 0.3) is 11.8 Å². The number of hydrogen-bond donors (Lipinski definition) is 2. The molecule has 2 N–H and O–H groups in total. The maximum absolute atomic E-state index is 13.6. The molecule has 4 heterocycles. The fourth-order valence-electron chi connectivity index (χ4n) is 3.81. The van der Waals surface area contributed by atoms with E-state index < -0.39 is 0 Å². The van der Waals surface area contributed by atoms with Gasteiger partial charge in [-0.15, -0.1) is 43.6 Å². The van der Waals surface area contributed by atoms with Crippen molar-refractivity contribution in [3.8, 4) is 23.2 Å². The molecule has 11 heteroatoms. The monoisotopic (exact) mass is 476 g/mol. The van der Waals surface area contributed by atoms with E-state index in [-0.39, 0.29) is 5.78 Å². The van der Waals surface area contributed by atoms with Crippen LogP contribution in [-0.2, 0) is 12.8 Å². The summed E-state index contributed by atoms with van der Waals surface area (Å²) in [6.07, 6.45) is 0.956. The van der Waals surface area contributed by atoms with Gasteiger partial charge in [0, 0.05) is 47.1 Å². The van der Waals surface area contributed by atoms with Gasteiger partial charge in [0.2, 0.25) is 11.8 Å². The highest BCUT2D eigenvalue weighted by Gasteiger charge is 2.28. The third kappa shape index (κ3) is 3.86. The fourth-order valence-corrected chi connectivity index (χ4v) is 4.13. The van der Waals surface area contributed by atoms with E-state index in [1.807, 2.05) is 27.7 Å². The number of H-pyrrole nitrogens is 2. The number of nitrogens with one attached hydrogen (secondary N) is 2. The Bertz CT molecular complexity index is 1190. The summed E-state index contributed by atoms with van der Waals surface area (Å²) < 4.78 is 11.4. The lowest BCUT2D eigenvalue weighted by molar-refractivity contribution is 0.103. The van der Waals surface area contributed by atoms with Crippen LogP contribution in [0.3, 0.4) is 0 Å². The average molecular weight is 477 g/mol. The Labute approximate surface area is 193 Å². The molecule has 0 bridgehead atoms. The summed E-state index contributed by atoms with van der Waals surface area (Å²) in [5.74, 6) is 2.19. The first kappa shape index (κ1) is 22.3. The predicted octanol–water partition coefficient (Wildman–Crippen LogP) is 4.47. The van der Waals surface area contributed by atoms with E-state index in [4.69, 9.17) is 32.0 Å². The minimum Gasteiger partial charge on any atom is -0.419 e. The summed E-state index contributed by atoms with van der Waals surface area (Å²) in [6.45, 7) is 7.39. The summed E-state index contributed by atoms with van der Waals surface area (Å²) in [7, 11) is 0. The van der Waals surface area contributed by atoms with Gasteiger partial charge in [0.1, 0.15) is 11.4 Å². The van der Waals surface area contributed by atoms with Gasteiger partial charge in [-0.3, -0.25) is 4.79 Å². The molecule has 0 aliphatic heterocycles. The zero-order valence-electron chi connectivity index (χ0n) is 18.1. The van der Waals surface area contributed by atoms with Crippen molar-refractivity contribution in [2.45, 2.75) is 40.5 Å². The van der Waals surface area contributed by atoms with E-state index in [2.05, 4.69) is 30.4 Å². The van der Waals surface area contributed by atoms with Gasteiger partial charge in [-0.2, -0.15) is 0 Å². The van der Waals surface area contributed by atoms with Crippen molar-refractivity contribution < 1.29 is 13.6 Å². The minimum atomic E-state index is -0.124. The second kappa shape index (κ2) is 8.91. The third-order valence-corrected chi connectivity index (χ3v) is 5.69. The van der Waals surface area contributed by atoms with Crippen LogP contribution in [0.2, 0.25) is 0 Å². The van der Waals surface area contributed by atoms with Crippen molar-refractivity contribution >= 4 is 29.0 Å². The maximum Gasteiger partial charge on any atom is 0.264 e. The zero-order valence-corrected chi connectivity index (χ0v) is 19.6. The molecule has 4 aromatic rings. The fraction of sp³-hybridized carbons (Fsp3) is 0.381. The van der Waals surface area contributed by atoms with E-state index >= 15 is 0 Å². The molecule has 0 saturated heterocycles. The number of nitrogens with zero attached hydrogens (tertiary/aromatic N) is 4. The second-order valence-electron chi connectivity index (χ2n) is 7.46. The van der Waals surface area contributed by atoms with Crippen LogP contribution >= 0.6 is 23.2 Å². The van der Waals surface area contributed by atoms with Crippen LogP contribution in [0.1, 0.15) is 50.2 Å². The zero-order chi connectivity index (χ0) is 23.0. The molecular weight excluding hydrogens is 455 g/mol. The first-order valence-electron chi connectivity index (χ1n) is 10.1. The number of rotatable bonds is 8. The summed E-state index contributed by atoms with van der Waals surface area (Å²) >= 11 is 11.5. The average Bonchev–Trinajstić information content (AvgIpc) is 3.50. The third-order valence-electron chi connectivity index (χ3n) is 5.31. The molecule has 9 nitrogen and oxygen atoms in total. The smallest absolute Gasteiger partial charge is 0.264 e. The SMILES string of the molecule is Cc1[nH]c(-c2nnc(CCCl)o2)c(C)c1C(=O)c1c(C)[nH]c(-c2nnc(CCCl)o2)c1C. The lowest BCUT2D eigenvalue weighted by atomic mass is 9.96. The van der Waals surface area contributed by atoms with Crippen LogP contribution in [0, 0.1) is 27.7 Å². The van der Waals surface area contributed by atoms with Gasteiger partial charge in [-0.25, -0.2) is 0 Å². The highest BCUT2D eigenvalue weighted by molar-refractivity contribution is 6.18. The van der Waals surface area contributed by atoms with Crippen molar-refractivity contribution in [1.82, 2.24) is 30.4 Å². The lowest BCUT2D eigenvalue weighted by Gasteiger charge is -2.04. The van der Waals surface area contributed by atoms with E-state index in [0.717, 1.165) is 11.1 Å². The Morgan fingerprint density at radius 3 is 1.53 bits per heavy atom. The quantitative estimate of drug-likeness (QED) is 0.283. The number of aromatic nitrogens is 6. The van der Waals surface area contributed by atoms with Crippen LogP contribution in [0.25, 0.3) is 23.2 Å². The molecule has 0 unspecified atom stereocenters. The van der Waals surface area contributed by atoms with Crippen molar-refractivity contribution in [2.75, 3.05) is 11.8 Å². The molecule has 0 radical (unpaired) electrons. The maximum atomic E-state index is 13.6. The molecule has 0 atom stereocenters. The first-order valence-corrected chi connectivity index (χ1v) is 11.1. The van der Waals surface area contributed by atoms with Crippen LogP contribution in [0.15, 0.2) is 8.83 Å². The van der Waals surface area contributed by atoms with Crippen LogP contribution < -0.4 is 0 Å². The van der Waals surface area contributed by atoms with Crippen molar-refractivity contribution in [2.24, 2.45) is 0 Å². The Morgan fingerprint density at radius 2 is 1.16 bits per heavy atom. The molecule has 0 spiro atoms. The van der Waals surface area contributed by atoms with Crippen molar-refractivity contribution in [1.29, 1.82) is 0 Å². The van der Waals surface area contributed by atoms with E-state index in [0.29, 0.717) is 82.1 Å². The minimum absolute atomic E-state index is 0.124.